The molecule has 0 heterocycles. The molecule has 0 bridgehead atoms. The summed E-state index contributed by atoms with van der Waals surface area (Å²) in [4.78, 5) is 12.0. The summed E-state index contributed by atoms with van der Waals surface area (Å²) in [6.45, 7) is 8.68. The zero-order valence-electron chi connectivity index (χ0n) is 12.8. The van der Waals surface area contributed by atoms with E-state index in [1.54, 1.807) is 12.1 Å². The minimum atomic E-state index is -0.341. The third-order valence-corrected chi connectivity index (χ3v) is 3.04. The van der Waals surface area contributed by atoms with E-state index in [1.807, 2.05) is 0 Å². The van der Waals surface area contributed by atoms with E-state index >= 15 is 0 Å². The normalized spacial score (nSPS) is 13.1. The molecule has 0 aliphatic carbocycles. The summed E-state index contributed by atoms with van der Waals surface area (Å²) >= 11 is 0. The number of hydrogen-bond donors (Lipinski definition) is 2. The fourth-order valence-electron chi connectivity index (χ4n) is 2.45. The van der Waals surface area contributed by atoms with Crippen LogP contribution in [-0.4, -0.2) is 5.91 Å². The first-order valence-electron chi connectivity index (χ1n) is 6.99. The average Bonchev–Trinajstić information content (AvgIpc) is 2.28. The Kier molecular flexibility index (Phi) is 5.69. The van der Waals surface area contributed by atoms with Gasteiger partial charge in [-0.25, -0.2) is 4.39 Å². The molecule has 112 valence electrons. The van der Waals surface area contributed by atoms with Crippen LogP contribution in [0.1, 0.15) is 46.1 Å². The second-order valence-corrected chi connectivity index (χ2v) is 6.63. The molecule has 4 heteroatoms. The van der Waals surface area contributed by atoms with Gasteiger partial charge in [-0.3, -0.25) is 4.79 Å². The summed E-state index contributed by atoms with van der Waals surface area (Å²) in [5.74, 6) is -0.0765. The van der Waals surface area contributed by atoms with Crippen LogP contribution in [0.4, 0.5) is 10.1 Å². The van der Waals surface area contributed by atoms with Crippen molar-refractivity contribution in [1.29, 1.82) is 0 Å². The monoisotopic (exact) mass is 280 g/mol. The molecular weight excluding hydrogens is 255 g/mol. The highest BCUT2D eigenvalue weighted by Crippen LogP contribution is 2.26. The zero-order valence-corrected chi connectivity index (χ0v) is 12.8. The molecule has 1 rings (SSSR count). The van der Waals surface area contributed by atoms with Gasteiger partial charge in [0.15, 0.2) is 0 Å². The van der Waals surface area contributed by atoms with Crippen molar-refractivity contribution in [1.82, 2.24) is 0 Å². The largest absolute Gasteiger partial charge is 0.326 e. The molecule has 0 radical (unpaired) electrons. The van der Waals surface area contributed by atoms with E-state index in [2.05, 4.69) is 33.0 Å². The second-order valence-electron chi connectivity index (χ2n) is 6.63. The van der Waals surface area contributed by atoms with E-state index in [9.17, 15) is 9.18 Å². The molecule has 0 saturated carbocycles. The Morgan fingerprint density at radius 2 is 2.05 bits per heavy atom. The van der Waals surface area contributed by atoms with Crippen LogP contribution in [0.25, 0.3) is 0 Å². The Hall–Kier alpha value is -1.42. The molecule has 1 amide bonds. The second kappa shape index (κ2) is 6.84. The van der Waals surface area contributed by atoms with Crippen LogP contribution < -0.4 is 11.1 Å². The van der Waals surface area contributed by atoms with Gasteiger partial charge in [-0.1, -0.05) is 27.7 Å². The van der Waals surface area contributed by atoms with Gasteiger partial charge in [0.2, 0.25) is 5.91 Å². The standard InChI is InChI=1S/C16H25FN2O/c1-11(9-16(2,3)4)7-15(20)19-13-5-6-14(17)12(8-13)10-18/h5-6,8,11H,7,9-10,18H2,1-4H3,(H,19,20). The quantitative estimate of drug-likeness (QED) is 0.864. The van der Waals surface area contributed by atoms with E-state index in [-0.39, 0.29) is 23.7 Å². The molecule has 3 N–H and O–H groups in total. The Labute approximate surface area is 120 Å². The summed E-state index contributed by atoms with van der Waals surface area (Å²) in [7, 11) is 0. The number of halogens is 1. The van der Waals surface area contributed by atoms with Crippen LogP contribution in [0, 0.1) is 17.2 Å². The number of benzene rings is 1. The van der Waals surface area contributed by atoms with E-state index < -0.39 is 0 Å². The molecule has 0 spiro atoms. The topological polar surface area (TPSA) is 55.1 Å². The van der Waals surface area contributed by atoms with Crippen LogP contribution in [-0.2, 0) is 11.3 Å². The first kappa shape index (κ1) is 16.6. The SMILES string of the molecule is CC(CC(=O)Nc1ccc(F)c(CN)c1)CC(C)(C)C. The number of carbonyl (C=O) groups excluding carboxylic acids is 1. The summed E-state index contributed by atoms with van der Waals surface area (Å²) in [6.07, 6.45) is 1.45. The van der Waals surface area contributed by atoms with Crippen LogP contribution in [0.15, 0.2) is 18.2 Å². The van der Waals surface area contributed by atoms with Crippen LogP contribution in [0.5, 0.6) is 0 Å². The summed E-state index contributed by atoms with van der Waals surface area (Å²) in [6, 6.07) is 4.47. The van der Waals surface area contributed by atoms with Gasteiger partial charge in [-0.15, -0.1) is 0 Å². The zero-order chi connectivity index (χ0) is 15.3. The lowest BCUT2D eigenvalue weighted by atomic mass is 9.84. The maximum atomic E-state index is 13.3. The van der Waals surface area contributed by atoms with Gasteiger partial charge in [0.05, 0.1) is 0 Å². The van der Waals surface area contributed by atoms with Crippen molar-refractivity contribution in [3.63, 3.8) is 0 Å². The van der Waals surface area contributed by atoms with Gasteiger partial charge in [-0.05, 0) is 36.0 Å². The Bertz CT molecular complexity index is 466. The predicted molar refractivity (Wildman–Crippen MR) is 80.8 cm³/mol. The predicted octanol–water partition coefficient (Wildman–Crippen LogP) is 3.69. The Balaban J connectivity index is 2.58. The molecule has 0 aliphatic rings. The van der Waals surface area contributed by atoms with E-state index in [4.69, 9.17) is 5.73 Å². The molecule has 20 heavy (non-hydrogen) atoms. The van der Waals surface area contributed by atoms with E-state index in [0.717, 1.165) is 6.42 Å². The highest BCUT2D eigenvalue weighted by Gasteiger charge is 2.17. The third kappa shape index (κ3) is 5.70. The average molecular weight is 280 g/mol. The number of amides is 1. The third-order valence-electron chi connectivity index (χ3n) is 3.04. The first-order chi connectivity index (χ1) is 9.21. The minimum Gasteiger partial charge on any atom is -0.326 e. The summed E-state index contributed by atoms with van der Waals surface area (Å²) in [5, 5.41) is 2.80. The molecule has 0 saturated heterocycles. The fraction of sp³-hybridized carbons (Fsp3) is 0.562. The smallest absolute Gasteiger partial charge is 0.224 e. The van der Waals surface area contributed by atoms with Gasteiger partial charge in [0.1, 0.15) is 5.82 Å². The molecule has 1 atom stereocenters. The van der Waals surface area contributed by atoms with Gasteiger partial charge in [0, 0.05) is 24.2 Å². The molecule has 1 aromatic carbocycles. The lowest BCUT2D eigenvalue weighted by Crippen LogP contribution is -2.19. The van der Waals surface area contributed by atoms with Crippen LogP contribution in [0.3, 0.4) is 0 Å². The van der Waals surface area contributed by atoms with Crippen molar-refractivity contribution in [3.05, 3.63) is 29.6 Å². The maximum absolute atomic E-state index is 13.3. The lowest BCUT2D eigenvalue weighted by molar-refractivity contribution is -0.117. The number of anilines is 1. The first-order valence-corrected chi connectivity index (χ1v) is 6.99. The van der Waals surface area contributed by atoms with Crippen molar-refractivity contribution in [2.45, 2.75) is 47.1 Å². The summed E-state index contributed by atoms with van der Waals surface area (Å²) < 4.78 is 13.3. The van der Waals surface area contributed by atoms with Crippen molar-refractivity contribution in [2.75, 3.05) is 5.32 Å². The van der Waals surface area contributed by atoms with Gasteiger partial charge in [-0.2, -0.15) is 0 Å². The fourth-order valence-corrected chi connectivity index (χ4v) is 2.45. The number of nitrogens with one attached hydrogen (secondary N) is 1. The molecule has 0 fully saturated rings. The van der Waals surface area contributed by atoms with Crippen molar-refractivity contribution in [3.8, 4) is 0 Å². The maximum Gasteiger partial charge on any atom is 0.224 e. The van der Waals surface area contributed by atoms with Gasteiger partial charge in [0.25, 0.3) is 0 Å². The lowest BCUT2D eigenvalue weighted by Gasteiger charge is -2.22. The molecule has 3 nitrogen and oxygen atoms in total. The molecule has 1 aromatic rings. The van der Waals surface area contributed by atoms with Crippen molar-refractivity contribution < 1.29 is 9.18 Å². The molecule has 0 aromatic heterocycles. The minimum absolute atomic E-state index is 0.0451. The summed E-state index contributed by atoms with van der Waals surface area (Å²) in [5.41, 5.74) is 6.66. The van der Waals surface area contributed by atoms with Crippen molar-refractivity contribution in [2.24, 2.45) is 17.1 Å². The highest BCUT2D eigenvalue weighted by atomic mass is 19.1. The number of rotatable bonds is 5. The molecular formula is C16H25FN2O. The van der Waals surface area contributed by atoms with Crippen LogP contribution in [0.2, 0.25) is 0 Å². The Morgan fingerprint density at radius 3 is 2.60 bits per heavy atom. The molecule has 0 aliphatic heterocycles. The molecule has 1 unspecified atom stereocenters. The van der Waals surface area contributed by atoms with Crippen molar-refractivity contribution >= 4 is 11.6 Å². The van der Waals surface area contributed by atoms with Crippen LogP contribution >= 0.6 is 0 Å². The highest BCUT2D eigenvalue weighted by molar-refractivity contribution is 5.90. The van der Waals surface area contributed by atoms with E-state index in [0.29, 0.717) is 23.6 Å². The number of carbonyl (C=O) groups is 1. The Morgan fingerprint density at radius 1 is 1.40 bits per heavy atom. The number of nitrogens with two attached hydrogens (primary N) is 1. The van der Waals surface area contributed by atoms with E-state index in [1.165, 1.54) is 6.07 Å². The van der Waals surface area contributed by atoms with Gasteiger partial charge < -0.3 is 11.1 Å². The number of hydrogen-bond acceptors (Lipinski definition) is 2. The van der Waals surface area contributed by atoms with Gasteiger partial charge >= 0.3 is 0 Å².